The van der Waals surface area contributed by atoms with Crippen LogP contribution in [0.1, 0.15) is 43.9 Å². The van der Waals surface area contributed by atoms with Crippen molar-refractivity contribution in [1.29, 1.82) is 0 Å². The van der Waals surface area contributed by atoms with E-state index in [0.717, 1.165) is 26.1 Å². The summed E-state index contributed by atoms with van der Waals surface area (Å²) in [6.07, 6.45) is 3.23. The van der Waals surface area contributed by atoms with Gasteiger partial charge in [-0.2, -0.15) is 0 Å². The van der Waals surface area contributed by atoms with Crippen molar-refractivity contribution in [2.45, 2.75) is 39.2 Å². The van der Waals surface area contributed by atoms with E-state index in [1.807, 2.05) is 6.92 Å². The third kappa shape index (κ3) is 4.33. The van der Waals surface area contributed by atoms with Gasteiger partial charge in [0.2, 0.25) is 0 Å². The largest absolute Gasteiger partial charge is 0.382 e. The second kappa shape index (κ2) is 7.42. The number of benzene rings is 1. The molecule has 0 radical (unpaired) electrons. The van der Waals surface area contributed by atoms with Crippen LogP contribution < -0.4 is 5.73 Å². The van der Waals surface area contributed by atoms with Crippen molar-refractivity contribution in [3.63, 3.8) is 0 Å². The van der Waals surface area contributed by atoms with E-state index in [4.69, 9.17) is 10.5 Å². The monoisotopic (exact) mass is 221 g/mol. The van der Waals surface area contributed by atoms with Gasteiger partial charge >= 0.3 is 0 Å². The van der Waals surface area contributed by atoms with Gasteiger partial charge in [0.15, 0.2) is 0 Å². The maximum atomic E-state index is 6.08. The van der Waals surface area contributed by atoms with Gasteiger partial charge in [0.25, 0.3) is 0 Å². The zero-order valence-electron chi connectivity index (χ0n) is 10.4. The minimum absolute atomic E-state index is 0.0993. The number of rotatable bonds is 7. The highest BCUT2D eigenvalue weighted by atomic mass is 16.5. The van der Waals surface area contributed by atoms with Crippen LogP contribution in [0.15, 0.2) is 24.3 Å². The number of hydrogen-bond acceptors (Lipinski definition) is 2. The van der Waals surface area contributed by atoms with E-state index in [9.17, 15) is 0 Å². The van der Waals surface area contributed by atoms with Crippen LogP contribution in [0.4, 0.5) is 0 Å². The molecule has 0 spiro atoms. The van der Waals surface area contributed by atoms with Crippen LogP contribution in [0, 0.1) is 0 Å². The molecule has 0 aliphatic heterocycles. The summed E-state index contributed by atoms with van der Waals surface area (Å²) in [6.45, 7) is 5.71. The van der Waals surface area contributed by atoms with E-state index in [0.29, 0.717) is 0 Å². The number of aryl methyl sites for hydroxylation is 1. The van der Waals surface area contributed by atoms with Gasteiger partial charge in [-0.3, -0.25) is 0 Å². The van der Waals surface area contributed by atoms with Gasteiger partial charge in [-0.15, -0.1) is 0 Å². The molecule has 1 aromatic rings. The number of nitrogens with two attached hydrogens (primary N) is 1. The average molecular weight is 221 g/mol. The Hall–Kier alpha value is -0.860. The van der Waals surface area contributed by atoms with Crippen LogP contribution in [-0.4, -0.2) is 13.2 Å². The number of hydrogen-bond donors (Lipinski definition) is 1. The van der Waals surface area contributed by atoms with Gasteiger partial charge in [-0.05, 0) is 30.9 Å². The summed E-state index contributed by atoms with van der Waals surface area (Å²) >= 11 is 0. The van der Waals surface area contributed by atoms with Gasteiger partial charge in [0.1, 0.15) is 0 Å². The second-order valence-corrected chi connectivity index (χ2v) is 4.08. The van der Waals surface area contributed by atoms with Crippen molar-refractivity contribution in [2.24, 2.45) is 5.73 Å². The first kappa shape index (κ1) is 13.2. The lowest BCUT2D eigenvalue weighted by atomic mass is 10.0. The summed E-state index contributed by atoms with van der Waals surface area (Å²) < 4.78 is 5.31. The smallest absolute Gasteiger partial charge is 0.0483 e. The summed E-state index contributed by atoms with van der Waals surface area (Å²) in [5.74, 6) is 0. The molecular weight excluding hydrogens is 198 g/mol. The lowest BCUT2D eigenvalue weighted by Gasteiger charge is -2.12. The SMILES string of the molecule is CCCc1ccc(C(N)CCOCC)cc1. The minimum atomic E-state index is 0.0993. The first-order chi connectivity index (χ1) is 7.77. The normalized spacial score (nSPS) is 12.7. The summed E-state index contributed by atoms with van der Waals surface area (Å²) in [4.78, 5) is 0. The van der Waals surface area contributed by atoms with Gasteiger partial charge in [-0.25, -0.2) is 0 Å². The molecule has 1 aromatic carbocycles. The first-order valence-corrected chi connectivity index (χ1v) is 6.20. The van der Waals surface area contributed by atoms with Crippen LogP contribution in [0.25, 0.3) is 0 Å². The molecule has 1 rings (SSSR count). The fourth-order valence-corrected chi connectivity index (χ4v) is 1.74. The van der Waals surface area contributed by atoms with Crippen molar-refractivity contribution in [1.82, 2.24) is 0 Å². The zero-order valence-corrected chi connectivity index (χ0v) is 10.4. The fraction of sp³-hybridized carbons (Fsp3) is 0.571. The Morgan fingerprint density at radius 3 is 2.44 bits per heavy atom. The quantitative estimate of drug-likeness (QED) is 0.718. The average Bonchev–Trinajstić information content (AvgIpc) is 2.30. The molecule has 0 aliphatic rings. The maximum Gasteiger partial charge on any atom is 0.0483 e. The van der Waals surface area contributed by atoms with E-state index in [-0.39, 0.29) is 6.04 Å². The van der Waals surface area contributed by atoms with Gasteiger partial charge in [0, 0.05) is 19.3 Å². The minimum Gasteiger partial charge on any atom is -0.382 e. The Kier molecular flexibility index (Phi) is 6.12. The molecule has 0 aliphatic carbocycles. The second-order valence-electron chi connectivity index (χ2n) is 4.08. The third-order valence-electron chi connectivity index (χ3n) is 2.72. The molecule has 16 heavy (non-hydrogen) atoms. The fourth-order valence-electron chi connectivity index (χ4n) is 1.74. The van der Waals surface area contributed by atoms with E-state index >= 15 is 0 Å². The third-order valence-corrected chi connectivity index (χ3v) is 2.72. The molecule has 0 heterocycles. The summed E-state index contributed by atoms with van der Waals surface area (Å²) in [5.41, 5.74) is 8.68. The molecule has 1 atom stereocenters. The Labute approximate surface area is 98.8 Å². The topological polar surface area (TPSA) is 35.2 Å². The standard InChI is InChI=1S/C14H23NO/c1-3-5-12-6-8-13(9-7-12)14(15)10-11-16-4-2/h6-9,14H,3-5,10-11,15H2,1-2H3. The highest BCUT2D eigenvalue weighted by molar-refractivity contribution is 5.24. The maximum absolute atomic E-state index is 6.08. The predicted molar refractivity (Wildman–Crippen MR) is 68.5 cm³/mol. The molecule has 0 saturated carbocycles. The van der Waals surface area contributed by atoms with Gasteiger partial charge < -0.3 is 10.5 Å². The van der Waals surface area contributed by atoms with Crippen molar-refractivity contribution in [3.8, 4) is 0 Å². The van der Waals surface area contributed by atoms with E-state index < -0.39 is 0 Å². The van der Waals surface area contributed by atoms with Crippen molar-refractivity contribution >= 4 is 0 Å². The summed E-state index contributed by atoms with van der Waals surface area (Å²) in [6, 6.07) is 8.74. The van der Waals surface area contributed by atoms with E-state index in [1.165, 1.54) is 17.5 Å². The van der Waals surface area contributed by atoms with Crippen LogP contribution in [0.3, 0.4) is 0 Å². The first-order valence-electron chi connectivity index (χ1n) is 6.20. The molecule has 0 aromatic heterocycles. The molecule has 2 nitrogen and oxygen atoms in total. The lowest BCUT2D eigenvalue weighted by Crippen LogP contribution is -2.13. The molecule has 0 fully saturated rings. The molecule has 0 amide bonds. The zero-order chi connectivity index (χ0) is 11.8. The van der Waals surface area contributed by atoms with Crippen molar-refractivity contribution in [3.05, 3.63) is 35.4 Å². The molecule has 90 valence electrons. The van der Waals surface area contributed by atoms with E-state index in [1.54, 1.807) is 0 Å². The van der Waals surface area contributed by atoms with Crippen LogP contribution >= 0.6 is 0 Å². The lowest BCUT2D eigenvalue weighted by molar-refractivity contribution is 0.140. The van der Waals surface area contributed by atoms with Crippen LogP contribution in [-0.2, 0) is 11.2 Å². The molecule has 0 saturated heterocycles. The number of ether oxygens (including phenoxy) is 1. The molecule has 2 heteroatoms. The Balaban J connectivity index is 2.46. The Morgan fingerprint density at radius 2 is 1.88 bits per heavy atom. The van der Waals surface area contributed by atoms with Crippen molar-refractivity contribution in [2.75, 3.05) is 13.2 Å². The molecule has 1 unspecified atom stereocenters. The van der Waals surface area contributed by atoms with Gasteiger partial charge in [0.05, 0.1) is 0 Å². The summed E-state index contributed by atoms with van der Waals surface area (Å²) in [7, 11) is 0. The molecule has 2 N–H and O–H groups in total. The van der Waals surface area contributed by atoms with Crippen LogP contribution in [0.2, 0.25) is 0 Å². The van der Waals surface area contributed by atoms with E-state index in [2.05, 4.69) is 31.2 Å². The predicted octanol–water partition coefficient (Wildman–Crippen LogP) is 3.07. The highest BCUT2D eigenvalue weighted by Gasteiger charge is 2.05. The van der Waals surface area contributed by atoms with Gasteiger partial charge in [-0.1, -0.05) is 37.6 Å². The summed E-state index contributed by atoms with van der Waals surface area (Å²) in [5, 5.41) is 0. The Bertz CT molecular complexity index is 281. The van der Waals surface area contributed by atoms with Crippen molar-refractivity contribution < 1.29 is 4.74 Å². The van der Waals surface area contributed by atoms with Crippen LogP contribution in [0.5, 0.6) is 0 Å². The molecule has 0 bridgehead atoms. The molecular formula is C14H23NO. The Morgan fingerprint density at radius 1 is 1.19 bits per heavy atom. The highest BCUT2D eigenvalue weighted by Crippen LogP contribution is 2.15.